The Morgan fingerprint density at radius 1 is 1.33 bits per heavy atom. The Morgan fingerprint density at radius 2 is 1.89 bits per heavy atom. The Kier molecular flexibility index (Phi) is 5.22. The van der Waals surface area contributed by atoms with Gasteiger partial charge in [0.25, 0.3) is 5.91 Å². The largest absolute Gasteiger partial charge is 0.394 e. The van der Waals surface area contributed by atoms with Gasteiger partial charge in [0.15, 0.2) is 0 Å². The van der Waals surface area contributed by atoms with E-state index < -0.39 is 29.1 Å². The summed E-state index contributed by atoms with van der Waals surface area (Å²) in [5, 5.41) is 11.5. The molecule has 1 amide bonds. The van der Waals surface area contributed by atoms with Crippen LogP contribution in [0.1, 0.15) is 30.6 Å². The third-order valence-electron chi connectivity index (χ3n) is 2.50. The highest BCUT2D eigenvalue weighted by Gasteiger charge is 2.20. The molecular weight excluding hydrogens is 240 g/mol. The second-order valence-corrected chi connectivity index (χ2v) is 4.58. The van der Waals surface area contributed by atoms with E-state index in [0.717, 1.165) is 12.1 Å². The van der Waals surface area contributed by atoms with Crippen LogP contribution in [0.15, 0.2) is 18.2 Å². The lowest BCUT2D eigenvalue weighted by atomic mass is 10.0. The second-order valence-electron chi connectivity index (χ2n) is 4.58. The lowest BCUT2D eigenvalue weighted by Crippen LogP contribution is -2.39. The van der Waals surface area contributed by atoms with Crippen molar-refractivity contribution in [2.24, 2.45) is 5.92 Å². The SMILES string of the molecule is CC(C)CC(CO)NC(=O)c1c(F)cccc1F. The quantitative estimate of drug-likeness (QED) is 0.848. The van der Waals surface area contributed by atoms with Crippen molar-refractivity contribution in [3.63, 3.8) is 0 Å². The molecule has 1 unspecified atom stereocenters. The Balaban J connectivity index is 2.81. The van der Waals surface area contributed by atoms with Crippen LogP contribution in [0.3, 0.4) is 0 Å². The Bertz CT molecular complexity index is 401. The first-order valence-electron chi connectivity index (χ1n) is 5.81. The van der Waals surface area contributed by atoms with Gasteiger partial charge in [-0.15, -0.1) is 0 Å². The van der Waals surface area contributed by atoms with Gasteiger partial charge in [-0.2, -0.15) is 0 Å². The fraction of sp³-hybridized carbons (Fsp3) is 0.462. The molecule has 0 fully saturated rings. The van der Waals surface area contributed by atoms with E-state index >= 15 is 0 Å². The van der Waals surface area contributed by atoms with Crippen LogP contribution in [0.5, 0.6) is 0 Å². The smallest absolute Gasteiger partial charge is 0.257 e. The molecule has 0 spiro atoms. The van der Waals surface area contributed by atoms with Gasteiger partial charge < -0.3 is 10.4 Å². The summed E-state index contributed by atoms with van der Waals surface area (Å²) in [6, 6.07) is 2.73. The molecule has 0 aliphatic rings. The molecule has 0 saturated heterocycles. The molecule has 1 atom stereocenters. The number of rotatable bonds is 5. The van der Waals surface area contributed by atoms with Crippen molar-refractivity contribution in [3.8, 4) is 0 Å². The van der Waals surface area contributed by atoms with Gasteiger partial charge in [-0.05, 0) is 24.5 Å². The maximum absolute atomic E-state index is 13.4. The van der Waals surface area contributed by atoms with Gasteiger partial charge in [0.05, 0.1) is 12.6 Å². The van der Waals surface area contributed by atoms with Crippen molar-refractivity contribution in [2.75, 3.05) is 6.61 Å². The van der Waals surface area contributed by atoms with Crippen LogP contribution in [0.25, 0.3) is 0 Å². The number of benzene rings is 1. The Hall–Kier alpha value is -1.49. The predicted octanol–water partition coefficient (Wildman–Crippen LogP) is 2.10. The summed E-state index contributed by atoms with van der Waals surface area (Å²) in [4.78, 5) is 11.7. The van der Waals surface area contributed by atoms with E-state index in [1.54, 1.807) is 0 Å². The maximum atomic E-state index is 13.4. The van der Waals surface area contributed by atoms with E-state index in [1.165, 1.54) is 6.07 Å². The zero-order valence-electron chi connectivity index (χ0n) is 10.4. The minimum Gasteiger partial charge on any atom is -0.394 e. The average molecular weight is 257 g/mol. The van der Waals surface area contributed by atoms with Crippen molar-refractivity contribution in [1.29, 1.82) is 0 Å². The zero-order valence-corrected chi connectivity index (χ0v) is 10.4. The van der Waals surface area contributed by atoms with Crippen LogP contribution in [-0.4, -0.2) is 23.7 Å². The third kappa shape index (κ3) is 3.77. The number of hydrogen-bond acceptors (Lipinski definition) is 2. The monoisotopic (exact) mass is 257 g/mol. The molecule has 0 aliphatic heterocycles. The summed E-state index contributed by atoms with van der Waals surface area (Å²) < 4.78 is 26.7. The first kappa shape index (κ1) is 14.6. The fourth-order valence-corrected chi connectivity index (χ4v) is 1.72. The van der Waals surface area contributed by atoms with Crippen LogP contribution in [0.2, 0.25) is 0 Å². The number of carbonyl (C=O) groups excluding carboxylic acids is 1. The molecule has 2 N–H and O–H groups in total. The summed E-state index contributed by atoms with van der Waals surface area (Å²) in [5.41, 5.74) is -0.611. The standard InChI is InChI=1S/C13H17F2NO2/c1-8(2)6-9(7-17)16-13(18)12-10(14)4-3-5-11(12)15/h3-5,8-9,17H,6-7H2,1-2H3,(H,16,18). The summed E-state index contributed by atoms with van der Waals surface area (Å²) in [6.45, 7) is 3.59. The molecule has 0 saturated carbocycles. The summed E-state index contributed by atoms with van der Waals surface area (Å²) >= 11 is 0. The van der Waals surface area contributed by atoms with Crippen molar-refractivity contribution < 1.29 is 18.7 Å². The van der Waals surface area contributed by atoms with E-state index in [1.807, 2.05) is 13.8 Å². The van der Waals surface area contributed by atoms with E-state index in [0.29, 0.717) is 6.42 Å². The van der Waals surface area contributed by atoms with Gasteiger partial charge >= 0.3 is 0 Å². The molecule has 0 heterocycles. The first-order valence-corrected chi connectivity index (χ1v) is 5.81. The van der Waals surface area contributed by atoms with Gasteiger partial charge in [0.1, 0.15) is 17.2 Å². The molecule has 1 aromatic rings. The highest BCUT2D eigenvalue weighted by Crippen LogP contribution is 2.13. The van der Waals surface area contributed by atoms with Crippen LogP contribution in [-0.2, 0) is 0 Å². The highest BCUT2D eigenvalue weighted by atomic mass is 19.1. The summed E-state index contributed by atoms with van der Waals surface area (Å²) in [7, 11) is 0. The summed E-state index contributed by atoms with van der Waals surface area (Å²) in [5.74, 6) is -2.40. The third-order valence-corrected chi connectivity index (χ3v) is 2.50. The lowest BCUT2D eigenvalue weighted by molar-refractivity contribution is 0.0900. The molecular formula is C13H17F2NO2. The number of hydrogen-bond donors (Lipinski definition) is 2. The minimum absolute atomic E-state index is 0.257. The van der Waals surface area contributed by atoms with Crippen LogP contribution in [0, 0.1) is 17.6 Å². The number of nitrogens with one attached hydrogen (secondary N) is 1. The van der Waals surface area contributed by atoms with Crippen LogP contribution in [0.4, 0.5) is 8.78 Å². The molecule has 0 aromatic heterocycles. The van der Waals surface area contributed by atoms with Crippen molar-refractivity contribution in [3.05, 3.63) is 35.4 Å². The van der Waals surface area contributed by atoms with Crippen LogP contribution < -0.4 is 5.32 Å². The van der Waals surface area contributed by atoms with Gasteiger partial charge in [0.2, 0.25) is 0 Å². The number of carbonyl (C=O) groups is 1. The molecule has 1 rings (SSSR count). The molecule has 100 valence electrons. The summed E-state index contributed by atoms with van der Waals surface area (Å²) in [6.07, 6.45) is 0.540. The first-order chi connectivity index (χ1) is 8.45. The molecule has 3 nitrogen and oxygen atoms in total. The van der Waals surface area contributed by atoms with Crippen molar-refractivity contribution >= 4 is 5.91 Å². The Labute approximate surface area is 105 Å². The number of halogens is 2. The topological polar surface area (TPSA) is 49.3 Å². The van der Waals surface area contributed by atoms with Gasteiger partial charge in [-0.1, -0.05) is 19.9 Å². The lowest BCUT2D eigenvalue weighted by Gasteiger charge is -2.18. The van der Waals surface area contributed by atoms with Gasteiger partial charge in [0, 0.05) is 0 Å². The average Bonchev–Trinajstić information content (AvgIpc) is 2.27. The number of amides is 1. The van der Waals surface area contributed by atoms with Gasteiger partial charge in [-0.25, -0.2) is 8.78 Å². The number of aliphatic hydroxyl groups is 1. The number of aliphatic hydroxyl groups excluding tert-OH is 1. The van der Waals surface area contributed by atoms with Gasteiger partial charge in [-0.3, -0.25) is 4.79 Å². The second kappa shape index (κ2) is 6.44. The van der Waals surface area contributed by atoms with E-state index in [-0.39, 0.29) is 12.5 Å². The van der Waals surface area contributed by atoms with Crippen molar-refractivity contribution in [1.82, 2.24) is 5.32 Å². The Morgan fingerprint density at radius 3 is 2.33 bits per heavy atom. The predicted molar refractivity (Wildman–Crippen MR) is 64.2 cm³/mol. The van der Waals surface area contributed by atoms with E-state index in [4.69, 9.17) is 5.11 Å². The molecule has 0 radical (unpaired) electrons. The molecule has 1 aromatic carbocycles. The van der Waals surface area contributed by atoms with E-state index in [2.05, 4.69) is 5.32 Å². The van der Waals surface area contributed by atoms with Crippen molar-refractivity contribution in [2.45, 2.75) is 26.3 Å². The van der Waals surface area contributed by atoms with Crippen LogP contribution >= 0.6 is 0 Å². The zero-order chi connectivity index (χ0) is 13.7. The minimum atomic E-state index is -0.909. The molecule has 0 aliphatic carbocycles. The maximum Gasteiger partial charge on any atom is 0.257 e. The highest BCUT2D eigenvalue weighted by molar-refractivity contribution is 5.94. The molecule has 0 bridgehead atoms. The van der Waals surface area contributed by atoms with E-state index in [9.17, 15) is 13.6 Å². The fourth-order valence-electron chi connectivity index (χ4n) is 1.72. The normalized spacial score (nSPS) is 12.6. The molecule has 5 heteroatoms. The molecule has 18 heavy (non-hydrogen) atoms.